The second-order valence-electron chi connectivity index (χ2n) is 8.19. The largest absolute Gasteiger partial charge is 0.507 e. The van der Waals surface area contributed by atoms with Crippen LogP contribution in [0.3, 0.4) is 0 Å². The van der Waals surface area contributed by atoms with Crippen molar-refractivity contribution in [1.82, 2.24) is 0 Å². The van der Waals surface area contributed by atoms with Crippen LogP contribution < -0.4 is 9.64 Å². The molecule has 2 aliphatic rings. The summed E-state index contributed by atoms with van der Waals surface area (Å²) >= 11 is 0. The molecule has 5 rings (SSSR count). The van der Waals surface area contributed by atoms with Gasteiger partial charge in [-0.05, 0) is 61.2 Å². The molecule has 160 valence electrons. The SMILES string of the molecule is Cc1ccc(N2C(=O)C(=O)/C(=C(\O)c3ccc4c(c3)CCCO4)C2c2ccccc2)cc1. The van der Waals surface area contributed by atoms with Crippen molar-refractivity contribution in [3.05, 3.63) is 101 Å². The summed E-state index contributed by atoms with van der Waals surface area (Å²) in [7, 11) is 0. The molecule has 5 heteroatoms. The van der Waals surface area contributed by atoms with Crippen molar-refractivity contribution < 1.29 is 19.4 Å². The van der Waals surface area contributed by atoms with Gasteiger partial charge in [0.15, 0.2) is 0 Å². The lowest BCUT2D eigenvalue weighted by Crippen LogP contribution is -2.29. The van der Waals surface area contributed by atoms with Gasteiger partial charge in [-0.3, -0.25) is 14.5 Å². The molecular formula is C27H23NO4. The van der Waals surface area contributed by atoms with Crippen molar-refractivity contribution in [2.75, 3.05) is 11.5 Å². The summed E-state index contributed by atoms with van der Waals surface area (Å²) in [5, 5.41) is 11.3. The molecule has 32 heavy (non-hydrogen) atoms. The van der Waals surface area contributed by atoms with Crippen LogP contribution in [0.2, 0.25) is 0 Å². The summed E-state index contributed by atoms with van der Waals surface area (Å²) in [4.78, 5) is 27.9. The molecule has 0 bridgehead atoms. The first kappa shape index (κ1) is 20.1. The maximum atomic E-state index is 13.2. The summed E-state index contributed by atoms with van der Waals surface area (Å²) in [5.74, 6) is -0.704. The highest BCUT2D eigenvalue weighted by Gasteiger charge is 2.46. The molecule has 1 amide bonds. The van der Waals surface area contributed by atoms with Gasteiger partial charge in [-0.15, -0.1) is 0 Å². The number of aliphatic hydroxyl groups excluding tert-OH is 1. The Bertz CT molecular complexity index is 1230. The number of amides is 1. The third kappa shape index (κ3) is 3.36. The van der Waals surface area contributed by atoms with Crippen LogP contribution in [0.5, 0.6) is 5.75 Å². The molecule has 3 aromatic rings. The van der Waals surface area contributed by atoms with E-state index in [-0.39, 0.29) is 11.3 Å². The Morgan fingerprint density at radius 3 is 2.50 bits per heavy atom. The minimum Gasteiger partial charge on any atom is -0.507 e. The van der Waals surface area contributed by atoms with Gasteiger partial charge in [0.25, 0.3) is 11.7 Å². The summed E-state index contributed by atoms with van der Waals surface area (Å²) in [6, 6.07) is 21.5. The number of aliphatic hydroxyl groups is 1. The van der Waals surface area contributed by atoms with E-state index in [9.17, 15) is 14.7 Å². The lowest BCUT2D eigenvalue weighted by molar-refractivity contribution is -0.132. The molecule has 3 aromatic carbocycles. The zero-order valence-corrected chi connectivity index (χ0v) is 17.7. The zero-order chi connectivity index (χ0) is 22.2. The molecule has 2 aliphatic heterocycles. The number of ketones is 1. The zero-order valence-electron chi connectivity index (χ0n) is 17.7. The molecule has 0 radical (unpaired) electrons. The first-order valence-corrected chi connectivity index (χ1v) is 10.7. The van der Waals surface area contributed by atoms with E-state index < -0.39 is 17.7 Å². The number of nitrogens with zero attached hydrogens (tertiary/aromatic N) is 1. The molecule has 1 fully saturated rings. The van der Waals surface area contributed by atoms with Gasteiger partial charge >= 0.3 is 0 Å². The molecule has 0 spiro atoms. The number of Topliss-reactive ketones (excluding diaryl/α,β-unsaturated/α-hetero) is 1. The Labute approximate surface area is 186 Å². The van der Waals surface area contributed by atoms with Gasteiger partial charge in [-0.1, -0.05) is 48.0 Å². The Hall–Kier alpha value is -3.86. The van der Waals surface area contributed by atoms with Gasteiger partial charge in [0, 0.05) is 11.3 Å². The van der Waals surface area contributed by atoms with Crippen LogP contribution in [0.15, 0.2) is 78.4 Å². The molecule has 0 saturated carbocycles. The molecule has 1 atom stereocenters. The fourth-order valence-corrected chi connectivity index (χ4v) is 4.42. The molecule has 0 aromatic heterocycles. The summed E-state index contributed by atoms with van der Waals surface area (Å²) < 4.78 is 5.67. The van der Waals surface area contributed by atoms with Crippen molar-refractivity contribution in [3.8, 4) is 5.75 Å². The van der Waals surface area contributed by atoms with Crippen molar-refractivity contribution in [2.45, 2.75) is 25.8 Å². The molecule has 0 aliphatic carbocycles. The molecule has 2 heterocycles. The standard InChI is InChI=1S/C27H23NO4/c1-17-9-12-21(13-10-17)28-24(18-6-3-2-4-7-18)23(26(30)27(28)31)25(29)20-11-14-22-19(16-20)8-5-15-32-22/h2-4,6-7,9-14,16,24,29H,5,8,15H2,1H3/b25-23-. The van der Waals surface area contributed by atoms with Gasteiger partial charge in [-0.2, -0.15) is 0 Å². The quantitative estimate of drug-likeness (QED) is 0.366. The third-order valence-electron chi connectivity index (χ3n) is 6.05. The molecule has 5 nitrogen and oxygen atoms in total. The van der Waals surface area contributed by atoms with E-state index >= 15 is 0 Å². The maximum absolute atomic E-state index is 13.2. The smallest absolute Gasteiger partial charge is 0.300 e. The lowest BCUT2D eigenvalue weighted by Gasteiger charge is -2.25. The van der Waals surface area contributed by atoms with E-state index in [2.05, 4.69) is 0 Å². The van der Waals surface area contributed by atoms with Gasteiger partial charge in [-0.25, -0.2) is 0 Å². The Kier molecular flexibility index (Phi) is 5.02. The summed E-state index contributed by atoms with van der Waals surface area (Å²) in [6.45, 7) is 2.64. The van der Waals surface area contributed by atoms with E-state index in [0.29, 0.717) is 17.9 Å². The highest BCUT2D eigenvalue weighted by atomic mass is 16.5. The Morgan fingerprint density at radius 1 is 1.00 bits per heavy atom. The fourth-order valence-electron chi connectivity index (χ4n) is 4.42. The molecule has 1 saturated heterocycles. The van der Waals surface area contributed by atoms with Gasteiger partial charge < -0.3 is 9.84 Å². The number of ether oxygens (including phenoxy) is 1. The second kappa shape index (κ2) is 8.00. The fraction of sp³-hybridized carbons (Fsp3) is 0.185. The van der Waals surface area contributed by atoms with E-state index in [4.69, 9.17) is 4.74 Å². The number of benzene rings is 3. The van der Waals surface area contributed by atoms with Crippen LogP contribution in [0.4, 0.5) is 5.69 Å². The number of hydrogen-bond donors (Lipinski definition) is 1. The molecule has 1 unspecified atom stereocenters. The first-order valence-electron chi connectivity index (χ1n) is 10.7. The van der Waals surface area contributed by atoms with Crippen LogP contribution in [0.1, 0.15) is 34.7 Å². The van der Waals surface area contributed by atoms with E-state index in [1.165, 1.54) is 4.90 Å². The van der Waals surface area contributed by atoms with E-state index in [1.807, 2.05) is 73.7 Å². The lowest BCUT2D eigenvalue weighted by atomic mass is 9.94. The van der Waals surface area contributed by atoms with Crippen molar-refractivity contribution >= 4 is 23.1 Å². The first-order chi connectivity index (χ1) is 15.5. The van der Waals surface area contributed by atoms with Crippen LogP contribution in [0, 0.1) is 6.92 Å². The summed E-state index contributed by atoms with van der Waals surface area (Å²) in [6.07, 6.45) is 1.75. The van der Waals surface area contributed by atoms with Crippen molar-refractivity contribution in [3.63, 3.8) is 0 Å². The summed E-state index contributed by atoms with van der Waals surface area (Å²) in [5.41, 5.74) is 4.03. The van der Waals surface area contributed by atoms with Crippen LogP contribution in [-0.2, 0) is 16.0 Å². The van der Waals surface area contributed by atoms with Gasteiger partial charge in [0.05, 0.1) is 18.2 Å². The molecule has 1 N–H and O–H groups in total. The van der Waals surface area contributed by atoms with E-state index in [0.717, 1.165) is 35.3 Å². The number of anilines is 1. The van der Waals surface area contributed by atoms with Crippen molar-refractivity contribution in [1.29, 1.82) is 0 Å². The third-order valence-corrected chi connectivity index (χ3v) is 6.05. The second-order valence-corrected chi connectivity index (χ2v) is 8.19. The topological polar surface area (TPSA) is 66.8 Å². The highest BCUT2D eigenvalue weighted by Crippen LogP contribution is 2.42. The highest BCUT2D eigenvalue weighted by molar-refractivity contribution is 6.51. The Balaban J connectivity index is 1.68. The van der Waals surface area contributed by atoms with Gasteiger partial charge in [0.2, 0.25) is 0 Å². The average molecular weight is 425 g/mol. The van der Waals surface area contributed by atoms with Crippen LogP contribution in [0.25, 0.3) is 5.76 Å². The van der Waals surface area contributed by atoms with Gasteiger partial charge in [0.1, 0.15) is 11.5 Å². The molecular weight excluding hydrogens is 402 g/mol. The van der Waals surface area contributed by atoms with Crippen LogP contribution in [-0.4, -0.2) is 23.4 Å². The Morgan fingerprint density at radius 2 is 1.75 bits per heavy atom. The predicted molar refractivity (Wildman–Crippen MR) is 123 cm³/mol. The van der Waals surface area contributed by atoms with Crippen molar-refractivity contribution in [2.24, 2.45) is 0 Å². The number of aryl methyl sites for hydroxylation is 2. The normalized spacial score (nSPS) is 19.5. The number of carbonyl (C=O) groups excluding carboxylic acids is 2. The minimum atomic E-state index is -0.716. The number of carbonyl (C=O) groups is 2. The monoisotopic (exact) mass is 425 g/mol. The van der Waals surface area contributed by atoms with E-state index in [1.54, 1.807) is 6.07 Å². The number of rotatable bonds is 3. The number of hydrogen-bond acceptors (Lipinski definition) is 4. The minimum absolute atomic E-state index is 0.0958. The van der Waals surface area contributed by atoms with Crippen LogP contribution >= 0.6 is 0 Å². The number of fused-ring (bicyclic) bond motifs is 1. The maximum Gasteiger partial charge on any atom is 0.300 e. The average Bonchev–Trinajstić information content (AvgIpc) is 3.10. The predicted octanol–water partition coefficient (Wildman–Crippen LogP) is 4.95.